The molecule has 0 aliphatic carbocycles. The van der Waals surface area contributed by atoms with Crippen LogP contribution in [0.5, 0.6) is 0 Å². The van der Waals surface area contributed by atoms with E-state index in [0.29, 0.717) is 5.69 Å². The molecule has 0 saturated carbocycles. The molecular formula is C12H14ClF3N2O2. The van der Waals surface area contributed by atoms with E-state index < -0.39 is 24.7 Å². The fourth-order valence-electron chi connectivity index (χ4n) is 1.35. The summed E-state index contributed by atoms with van der Waals surface area (Å²) in [4.78, 5) is 15.7. The molecule has 1 unspecified atom stereocenters. The highest BCUT2D eigenvalue weighted by molar-refractivity contribution is 6.29. The van der Waals surface area contributed by atoms with E-state index in [4.69, 9.17) is 16.7 Å². The first kappa shape index (κ1) is 16.7. The number of amides is 1. The second kappa shape index (κ2) is 6.41. The zero-order valence-electron chi connectivity index (χ0n) is 10.8. The molecule has 1 aromatic heterocycles. The van der Waals surface area contributed by atoms with Crippen molar-refractivity contribution in [3.63, 3.8) is 0 Å². The van der Waals surface area contributed by atoms with Crippen molar-refractivity contribution in [3.8, 4) is 0 Å². The molecule has 0 aromatic carbocycles. The van der Waals surface area contributed by atoms with Crippen molar-refractivity contribution in [3.05, 3.63) is 28.5 Å². The van der Waals surface area contributed by atoms with Crippen molar-refractivity contribution in [1.29, 1.82) is 0 Å². The summed E-state index contributed by atoms with van der Waals surface area (Å²) in [7, 11) is 0. The van der Waals surface area contributed by atoms with E-state index in [0.717, 1.165) is 0 Å². The Kier molecular flexibility index (Phi) is 5.35. The van der Waals surface area contributed by atoms with Gasteiger partial charge in [-0.05, 0) is 18.1 Å². The number of hydrogen-bond acceptors (Lipinski definition) is 3. The number of halogens is 4. The summed E-state index contributed by atoms with van der Waals surface area (Å²) in [5.41, 5.74) is 0.655. The van der Waals surface area contributed by atoms with Gasteiger partial charge < -0.3 is 10.4 Å². The van der Waals surface area contributed by atoms with Crippen LogP contribution in [-0.2, 0) is 0 Å². The lowest BCUT2D eigenvalue weighted by Gasteiger charge is -2.15. The van der Waals surface area contributed by atoms with Crippen molar-refractivity contribution in [2.75, 3.05) is 6.54 Å². The molecule has 1 atom stereocenters. The number of pyridine rings is 1. The molecule has 1 heterocycles. The number of alkyl halides is 3. The maximum absolute atomic E-state index is 12.1. The smallest absolute Gasteiger partial charge is 0.382 e. The molecule has 0 aliphatic rings. The first-order valence-electron chi connectivity index (χ1n) is 5.81. The lowest BCUT2D eigenvalue weighted by atomic mass is 10.1. The maximum atomic E-state index is 12.1. The van der Waals surface area contributed by atoms with Crippen LogP contribution in [0.15, 0.2) is 12.1 Å². The molecule has 1 aromatic rings. The maximum Gasteiger partial charge on any atom is 0.416 e. The second-order valence-corrected chi connectivity index (χ2v) is 4.91. The Hall–Kier alpha value is -1.34. The molecule has 20 heavy (non-hydrogen) atoms. The first-order chi connectivity index (χ1) is 9.11. The summed E-state index contributed by atoms with van der Waals surface area (Å²) in [5, 5.41) is 10.9. The number of nitrogens with one attached hydrogen (secondary N) is 1. The highest BCUT2D eigenvalue weighted by Crippen LogP contribution is 2.20. The molecule has 4 nitrogen and oxygen atoms in total. The van der Waals surface area contributed by atoms with Crippen molar-refractivity contribution < 1.29 is 23.1 Å². The van der Waals surface area contributed by atoms with E-state index >= 15 is 0 Å². The Balaban J connectivity index is 2.78. The van der Waals surface area contributed by atoms with Gasteiger partial charge in [-0.15, -0.1) is 0 Å². The molecule has 1 rings (SSSR count). The van der Waals surface area contributed by atoms with Crippen LogP contribution in [0.1, 0.15) is 35.8 Å². The lowest BCUT2D eigenvalue weighted by molar-refractivity contribution is -0.201. The minimum absolute atomic E-state index is 0.0148. The number of hydrogen-bond donors (Lipinski definition) is 2. The molecule has 0 fully saturated rings. The van der Waals surface area contributed by atoms with E-state index in [-0.39, 0.29) is 16.6 Å². The molecule has 112 valence electrons. The molecule has 0 spiro atoms. The van der Waals surface area contributed by atoms with Gasteiger partial charge in [0.15, 0.2) is 6.10 Å². The molecule has 0 radical (unpaired) electrons. The SMILES string of the molecule is CC(C)c1cc(C(=O)NCC(O)C(F)(F)F)cc(Cl)n1. The highest BCUT2D eigenvalue weighted by Gasteiger charge is 2.38. The lowest BCUT2D eigenvalue weighted by Crippen LogP contribution is -2.40. The van der Waals surface area contributed by atoms with E-state index in [2.05, 4.69) is 4.98 Å². The number of carbonyl (C=O) groups excluding carboxylic acids is 1. The predicted molar refractivity (Wildman–Crippen MR) is 67.7 cm³/mol. The fraction of sp³-hybridized carbons (Fsp3) is 0.500. The molecular weight excluding hydrogens is 297 g/mol. The van der Waals surface area contributed by atoms with Crippen LogP contribution in [0.4, 0.5) is 13.2 Å². The van der Waals surface area contributed by atoms with Crippen LogP contribution in [0.2, 0.25) is 5.15 Å². The van der Waals surface area contributed by atoms with Crippen molar-refractivity contribution in [1.82, 2.24) is 10.3 Å². The van der Waals surface area contributed by atoms with Gasteiger partial charge in [-0.1, -0.05) is 25.4 Å². The number of aromatic nitrogens is 1. The third kappa shape index (κ3) is 4.64. The summed E-state index contributed by atoms with van der Waals surface area (Å²) in [6.07, 6.45) is -7.37. The summed E-state index contributed by atoms with van der Waals surface area (Å²) < 4.78 is 36.3. The zero-order valence-corrected chi connectivity index (χ0v) is 11.6. The molecule has 1 amide bonds. The first-order valence-corrected chi connectivity index (χ1v) is 6.19. The van der Waals surface area contributed by atoms with Gasteiger partial charge in [-0.3, -0.25) is 4.79 Å². The average molecular weight is 311 g/mol. The quantitative estimate of drug-likeness (QED) is 0.840. The Morgan fingerprint density at radius 2 is 2.05 bits per heavy atom. The summed E-state index contributed by atoms with van der Waals surface area (Å²) in [6, 6.07) is 2.70. The molecule has 0 saturated heterocycles. The monoisotopic (exact) mass is 310 g/mol. The van der Waals surface area contributed by atoms with Gasteiger partial charge in [0.2, 0.25) is 0 Å². The van der Waals surface area contributed by atoms with Crippen molar-refractivity contribution >= 4 is 17.5 Å². The van der Waals surface area contributed by atoms with E-state index in [1.54, 1.807) is 0 Å². The number of aliphatic hydroxyl groups is 1. The van der Waals surface area contributed by atoms with Gasteiger partial charge in [-0.2, -0.15) is 13.2 Å². The van der Waals surface area contributed by atoms with Gasteiger partial charge in [0, 0.05) is 11.3 Å². The predicted octanol–water partition coefficient (Wildman–Crippen LogP) is 2.51. The minimum Gasteiger partial charge on any atom is -0.382 e. The third-order valence-electron chi connectivity index (χ3n) is 2.50. The van der Waals surface area contributed by atoms with Crippen LogP contribution < -0.4 is 5.32 Å². The van der Waals surface area contributed by atoms with Gasteiger partial charge in [0.05, 0.1) is 6.54 Å². The average Bonchev–Trinajstić information content (AvgIpc) is 2.33. The summed E-state index contributed by atoms with van der Waals surface area (Å²) in [5.74, 6) is -0.736. The van der Waals surface area contributed by atoms with Gasteiger partial charge in [-0.25, -0.2) is 4.98 Å². The number of aliphatic hydroxyl groups excluding tert-OH is 1. The minimum atomic E-state index is -4.77. The third-order valence-corrected chi connectivity index (χ3v) is 2.70. The van der Waals surface area contributed by atoms with Crippen molar-refractivity contribution in [2.24, 2.45) is 0 Å². The number of nitrogens with zero attached hydrogens (tertiary/aromatic N) is 1. The van der Waals surface area contributed by atoms with Gasteiger partial charge in [0.1, 0.15) is 5.15 Å². The largest absolute Gasteiger partial charge is 0.416 e. The molecule has 0 aliphatic heterocycles. The Morgan fingerprint density at radius 1 is 1.45 bits per heavy atom. The normalized spacial score (nSPS) is 13.4. The Morgan fingerprint density at radius 3 is 2.55 bits per heavy atom. The van der Waals surface area contributed by atoms with Crippen molar-refractivity contribution in [2.45, 2.75) is 32.0 Å². The van der Waals surface area contributed by atoms with Crippen LogP contribution in [0, 0.1) is 0 Å². The van der Waals surface area contributed by atoms with E-state index in [1.807, 2.05) is 19.2 Å². The second-order valence-electron chi connectivity index (χ2n) is 4.53. The molecule has 8 heteroatoms. The van der Waals surface area contributed by atoms with Gasteiger partial charge in [0.25, 0.3) is 5.91 Å². The number of carbonyl (C=O) groups is 1. The zero-order chi connectivity index (χ0) is 15.5. The molecule has 2 N–H and O–H groups in total. The van der Waals surface area contributed by atoms with E-state index in [1.165, 1.54) is 12.1 Å². The Labute approximate surface area is 119 Å². The summed E-state index contributed by atoms with van der Waals surface area (Å²) >= 11 is 5.75. The number of rotatable bonds is 4. The molecule has 0 bridgehead atoms. The Bertz CT molecular complexity index is 492. The van der Waals surface area contributed by atoms with Crippen LogP contribution >= 0.6 is 11.6 Å². The van der Waals surface area contributed by atoms with Crippen LogP contribution in [0.25, 0.3) is 0 Å². The van der Waals surface area contributed by atoms with Crippen LogP contribution in [0.3, 0.4) is 0 Å². The van der Waals surface area contributed by atoms with Gasteiger partial charge >= 0.3 is 6.18 Å². The van der Waals surface area contributed by atoms with E-state index in [9.17, 15) is 18.0 Å². The standard InChI is InChI=1S/C12H14ClF3N2O2/c1-6(2)8-3-7(4-10(13)18-8)11(20)17-5-9(19)12(14,15)16/h3-4,6,9,19H,5H2,1-2H3,(H,17,20). The highest BCUT2D eigenvalue weighted by atomic mass is 35.5. The fourth-order valence-corrected chi connectivity index (χ4v) is 1.57. The van der Waals surface area contributed by atoms with Crippen LogP contribution in [-0.4, -0.2) is 34.8 Å². The topological polar surface area (TPSA) is 62.2 Å². The summed E-state index contributed by atoms with van der Waals surface area (Å²) in [6.45, 7) is 2.76.